The van der Waals surface area contributed by atoms with Gasteiger partial charge in [0.15, 0.2) is 5.82 Å². The van der Waals surface area contributed by atoms with E-state index >= 15 is 0 Å². The van der Waals surface area contributed by atoms with Crippen LogP contribution in [0.15, 0.2) is 18.2 Å². The second-order valence-electron chi connectivity index (χ2n) is 5.24. The van der Waals surface area contributed by atoms with Crippen LogP contribution < -0.4 is 4.90 Å². The van der Waals surface area contributed by atoms with Crippen LogP contribution in [-0.4, -0.2) is 31.7 Å². The zero-order chi connectivity index (χ0) is 13.6. The largest absolute Gasteiger partial charge is 0.384 e. The Morgan fingerprint density at radius 2 is 2.16 bits per heavy atom. The van der Waals surface area contributed by atoms with Gasteiger partial charge in [0.2, 0.25) is 0 Å². The summed E-state index contributed by atoms with van der Waals surface area (Å²) in [4.78, 5) is 12.0. The maximum Gasteiger partial charge on any atom is 0.272 e. The summed E-state index contributed by atoms with van der Waals surface area (Å²) >= 11 is 0. The maximum absolute atomic E-state index is 13.9. The van der Waals surface area contributed by atoms with Crippen LogP contribution in [0.25, 0.3) is 0 Å². The van der Waals surface area contributed by atoms with Crippen LogP contribution in [0.2, 0.25) is 0 Å². The molecule has 0 radical (unpaired) electrons. The van der Waals surface area contributed by atoms with Gasteiger partial charge < -0.3 is 9.64 Å². The van der Waals surface area contributed by atoms with Crippen molar-refractivity contribution in [2.45, 2.75) is 0 Å². The second-order valence-corrected chi connectivity index (χ2v) is 5.24. The predicted molar refractivity (Wildman–Crippen MR) is 67.6 cm³/mol. The van der Waals surface area contributed by atoms with Crippen LogP contribution in [0.3, 0.4) is 0 Å². The lowest BCUT2D eigenvalue weighted by atomic mass is 10.2. The van der Waals surface area contributed by atoms with Crippen LogP contribution >= 0.6 is 0 Å². The van der Waals surface area contributed by atoms with E-state index in [0.29, 0.717) is 23.4 Å². The number of nitro groups is 1. The molecule has 0 N–H and O–H groups in total. The fraction of sp³-hybridized carbons (Fsp3) is 0.538. The van der Waals surface area contributed by atoms with Crippen molar-refractivity contribution in [3.05, 3.63) is 34.1 Å². The third kappa shape index (κ3) is 2.06. The van der Waals surface area contributed by atoms with Gasteiger partial charge in [0, 0.05) is 32.9 Å². The molecule has 0 aromatic heterocycles. The van der Waals surface area contributed by atoms with Crippen molar-refractivity contribution >= 4 is 11.4 Å². The number of non-ortho nitro benzene ring substituents is 1. The SMILES string of the molecule is COCC1C2CN(c3ccc([N+](=O)[O-])cc3F)CC12. The number of anilines is 1. The number of ether oxygens (including phenoxy) is 1. The molecule has 102 valence electrons. The fourth-order valence-electron chi connectivity index (χ4n) is 3.15. The van der Waals surface area contributed by atoms with E-state index in [2.05, 4.69) is 0 Å². The molecule has 0 spiro atoms. The molecule has 5 nitrogen and oxygen atoms in total. The number of rotatable bonds is 4. The number of benzene rings is 1. The molecule has 1 aliphatic carbocycles. The van der Waals surface area contributed by atoms with Gasteiger partial charge >= 0.3 is 0 Å². The molecular formula is C13H15FN2O3. The minimum Gasteiger partial charge on any atom is -0.384 e. The number of nitrogens with zero attached hydrogens (tertiary/aromatic N) is 2. The molecule has 1 saturated carbocycles. The molecule has 2 atom stereocenters. The van der Waals surface area contributed by atoms with Gasteiger partial charge in [-0.2, -0.15) is 0 Å². The van der Waals surface area contributed by atoms with Gasteiger partial charge in [-0.1, -0.05) is 0 Å². The fourth-order valence-corrected chi connectivity index (χ4v) is 3.15. The van der Waals surface area contributed by atoms with Gasteiger partial charge in [-0.15, -0.1) is 0 Å². The topological polar surface area (TPSA) is 55.6 Å². The summed E-state index contributed by atoms with van der Waals surface area (Å²) in [6.45, 7) is 2.40. The number of nitro benzene ring substituents is 1. The van der Waals surface area contributed by atoms with Crippen LogP contribution in [0.4, 0.5) is 15.8 Å². The van der Waals surface area contributed by atoms with Crippen LogP contribution in [0.5, 0.6) is 0 Å². The summed E-state index contributed by atoms with van der Waals surface area (Å²) in [5.74, 6) is 1.24. The van der Waals surface area contributed by atoms with E-state index in [4.69, 9.17) is 4.74 Å². The average molecular weight is 266 g/mol. The Morgan fingerprint density at radius 1 is 1.47 bits per heavy atom. The first-order valence-electron chi connectivity index (χ1n) is 6.29. The molecule has 0 bridgehead atoms. The summed E-state index contributed by atoms with van der Waals surface area (Å²) in [5.41, 5.74) is 0.261. The molecule has 1 aromatic rings. The number of piperidine rings is 1. The standard InChI is InChI=1S/C13H15FN2O3/c1-19-7-11-9-5-15(6-10(9)11)13-3-2-8(16(17)18)4-12(13)14/h2-4,9-11H,5-7H2,1H3. The Hall–Kier alpha value is -1.69. The van der Waals surface area contributed by atoms with E-state index in [1.807, 2.05) is 4.90 Å². The minimum atomic E-state index is -0.580. The van der Waals surface area contributed by atoms with E-state index < -0.39 is 10.7 Å². The Morgan fingerprint density at radius 3 is 2.68 bits per heavy atom. The molecule has 2 aliphatic rings. The van der Waals surface area contributed by atoms with Crippen molar-refractivity contribution in [3.63, 3.8) is 0 Å². The maximum atomic E-state index is 13.9. The van der Waals surface area contributed by atoms with E-state index in [1.54, 1.807) is 7.11 Å². The van der Waals surface area contributed by atoms with Gasteiger partial charge in [-0.25, -0.2) is 4.39 Å². The highest BCUT2D eigenvalue weighted by molar-refractivity contribution is 5.54. The molecule has 2 unspecified atom stereocenters. The van der Waals surface area contributed by atoms with Crippen LogP contribution in [-0.2, 0) is 4.74 Å². The van der Waals surface area contributed by atoms with Crippen molar-refractivity contribution < 1.29 is 14.1 Å². The number of halogens is 1. The van der Waals surface area contributed by atoms with E-state index in [1.165, 1.54) is 12.1 Å². The Kier molecular flexibility index (Phi) is 2.89. The minimum absolute atomic E-state index is 0.206. The Labute approximate surface area is 110 Å². The third-order valence-corrected chi connectivity index (χ3v) is 4.21. The van der Waals surface area contributed by atoms with E-state index in [0.717, 1.165) is 25.8 Å². The lowest BCUT2D eigenvalue weighted by molar-refractivity contribution is -0.385. The van der Waals surface area contributed by atoms with Crippen molar-refractivity contribution in [1.82, 2.24) is 0 Å². The quantitative estimate of drug-likeness (QED) is 0.618. The van der Waals surface area contributed by atoms with E-state index in [9.17, 15) is 14.5 Å². The number of fused-ring (bicyclic) bond motifs is 1. The third-order valence-electron chi connectivity index (χ3n) is 4.21. The molecule has 2 fully saturated rings. The summed E-state index contributed by atoms with van der Waals surface area (Å²) < 4.78 is 19.0. The molecule has 1 heterocycles. The van der Waals surface area contributed by atoms with Crippen molar-refractivity contribution in [2.24, 2.45) is 17.8 Å². The monoisotopic (exact) mass is 266 g/mol. The van der Waals surface area contributed by atoms with Gasteiger partial charge in [-0.3, -0.25) is 10.1 Å². The normalized spacial score (nSPS) is 28.3. The summed E-state index contributed by atoms with van der Waals surface area (Å²) in [6.07, 6.45) is 0. The van der Waals surface area contributed by atoms with Crippen LogP contribution in [0, 0.1) is 33.7 Å². The van der Waals surface area contributed by atoms with Gasteiger partial charge in [0.25, 0.3) is 5.69 Å². The van der Waals surface area contributed by atoms with Gasteiger partial charge in [0.1, 0.15) is 0 Å². The number of hydrogen-bond donors (Lipinski definition) is 0. The van der Waals surface area contributed by atoms with E-state index in [-0.39, 0.29) is 5.69 Å². The highest BCUT2D eigenvalue weighted by atomic mass is 19.1. The zero-order valence-corrected chi connectivity index (χ0v) is 10.6. The summed E-state index contributed by atoms with van der Waals surface area (Å²) in [5, 5.41) is 10.6. The first-order valence-corrected chi connectivity index (χ1v) is 6.29. The van der Waals surface area contributed by atoms with Gasteiger partial charge in [-0.05, 0) is 23.8 Å². The first-order chi connectivity index (χ1) is 9.11. The van der Waals surface area contributed by atoms with Crippen molar-refractivity contribution in [3.8, 4) is 0 Å². The number of methoxy groups -OCH3 is 1. The highest BCUT2D eigenvalue weighted by Crippen LogP contribution is 2.52. The summed E-state index contributed by atoms with van der Waals surface area (Å²) in [7, 11) is 1.70. The first kappa shape index (κ1) is 12.3. The lowest BCUT2D eigenvalue weighted by Crippen LogP contribution is -2.25. The highest BCUT2D eigenvalue weighted by Gasteiger charge is 2.55. The molecular weight excluding hydrogens is 251 g/mol. The molecule has 1 aliphatic heterocycles. The van der Waals surface area contributed by atoms with Crippen molar-refractivity contribution in [2.75, 3.05) is 31.7 Å². The van der Waals surface area contributed by atoms with Crippen molar-refractivity contribution in [1.29, 1.82) is 0 Å². The smallest absolute Gasteiger partial charge is 0.272 e. The summed E-state index contributed by atoms with van der Waals surface area (Å²) in [6, 6.07) is 3.85. The molecule has 19 heavy (non-hydrogen) atoms. The molecule has 1 aromatic carbocycles. The average Bonchev–Trinajstić information content (AvgIpc) is 2.84. The molecule has 6 heteroatoms. The number of hydrogen-bond acceptors (Lipinski definition) is 4. The van der Waals surface area contributed by atoms with Gasteiger partial charge in [0.05, 0.1) is 16.7 Å². The Bertz CT molecular complexity index is 511. The second kappa shape index (κ2) is 4.45. The molecule has 3 rings (SSSR count). The molecule has 0 amide bonds. The zero-order valence-electron chi connectivity index (χ0n) is 10.6. The molecule has 1 saturated heterocycles. The predicted octanol–water partition coefficient (Wildman–Crippen LogP) is 2.06. The Balaban J connectivity index is 1.71. The van der Waals surface area contributed by atoms with Crippen LogP contribution in [0.1, 0.15) is 0 Å². The lowest BCUT2D eigenvalue weighted by Gasteiger charge is -2.22.